The minimum Gasteiger partial charge on any atom is -0.369 e. The number of nitrogens with zero attached hydrogens (tertiary/aromatic N) is 1. The van der Waals surface area contributed by atoms with E-state index in [1.807, 2.05) is 0 Å². The van der Waals surface area contributed by atoms with Crippen LogP contribution >= 0.6 is 0 Å². The average Bonchev–Trinajstić information content (AvgIpc) is 2.55. The van der Waals surface area contributed by atoms with Crippen molar-refractivity contribution in [2.24, 2.45) is 11.7 Å². The zero-order valence-electron chi connectivity index (χ0n) is 13.0. The highest BCUT2D eigenvalue weighted by Gasteiger charge is 2.35. The SMILES string of the molecule is NC(=O)C1CCN(C(=O)C(OCC(F)(F)F)c2ccccc2)CC1. The molecule has 1 aromatic rings. The normalized spacial score (nSPS) is 17.5. The number of piperidine rings is 1. The Bertz CT molecular complexity index is 570. The van der Waals surface area contributed by atoms with Crippen LogP contribution in [0, 0.1) is 5.92 Å². The summed E-state index contributed by atoms with van der Waals surface area (Å²) in [6, 6.07) is 8.06. The maximum Gasteiger partial charge on any atom is 0.411 e. The first kappa shape index (κ1) is 18.3. The molecule has 0 saturated carbocycles. The first-order valence-corrected chi connectivity index (χ1v) is 7.59. The summed E-state index contributed by atoms with van der Waals surface area (Å²) in [7, 11) is 0. The minimum absolute atomic E-state index is 0.269. The number of benzene rings is 1. The van der Waals surface area contributed by atoms with E-state index in [0.29, 0.717) is 18.4 Å². The van der Waals surface area contributed by atoms with Crippen LogP contribution in [0.1, 0.15) is 24.5 Å². The third-order valence-corrected chi connectivity index (χ3v) is 3.95. The molecule has 24 heavy (non-hydrogen) atoms. The molecule has 2 rings (SSSR count). The fraction of sp³-hybridized carbons (Fsp3) is 0.500. The maximum absolute atomic E-state index is 12.6. The summed E-state index contributed by atoms with van der Waals surface area (Å²) in [5, 5.41) is 0. The second-order valence-electron chi connectivity index (χ2n) is 5.72. The number of alkyl halides is 3. The van der Waals surface area contributed by atoms with E-state index in [1.165, 1.54) is 4.90 Å². The molecule has 1 aromatic carbocycles. The molecule has 8 heteroatoms. The smallest absolute Gasteiger partial charge is 0.369 e. The average molecular weight is 344 g/mol. The fourth-order valence-electron chi connectivity index (χ4n) is 2.67. The van der Waals surface area contributed by atoms with Gasteiger partial charge in [-0.25, -0.2) is 0 Å². The van der Waals surface area contributed by atoms with E-state index in [9.17, 15) is 22.8 Å². The number of rotatable bonds is 5. The van der Waals surface area contributed by atoms with Crippen LogP contribution in [-0.4, -0.2) is 42.6 Å². The number of primary amides is 1. The van der Waals surface area contributed by atoms with Gasteiger partial charge in [-0.2, -0.15) is 13.2 Å². The van der Waals surface area contributed by atoms with Gasteiger partial charge in [-0.3, -0.25) is 9.59 Å². The summed E-state index contributed by atoms with van der Waals surface area (Å²) in [5.74, 6) is -1.26. The standard InChI is InChI=1S/C16H19F3N2O3/c17-16(18,19)10-24-13(11-4-2-1-3-5-11)15(23)21-8-6-12(7-9-21)14(20)22/h1-5,12-13H,6-10H2,(H2,20,22). The molecule has 132 valence electrons. The largest absolute Gasteiger partial charge is 0.411 e. The van der Waals surface area contributed by atoms with Gasteiger partial charge < -0.3 is 15.4 Å². The molecule has 2 N–H and O–H groups in total. The Balaban J connectivity index is 2.09. The molecule has 1 atom stereocenters. The van der Waals surface area contributed by atoms with Crippen molar-refractivity contribution in [1.82, 2.24) is 4.90 Å². The zero-order valence-corrected chi connectivity index (χ0v) is 13.0. The van der Waals surface area contributed by atoms with Crippen LogP contribution in [0.5, 0.6) is 0 Å². The lowest BCUT2D eigenvalue weighted by molar-refractivity contribution is -0.191. The number of carbonyl (C=O) groups is 2. The fourth-order valence-corrected chi connectivity index (χ4v) is 2.67. The van der Waals surface area contributed by atoms with Gasteiger partial charge in [-0.15, -0.1) is 0 Å². The van der Waals surface area contributed by atoms with E-state index in [4.69, 9.17) is 10.5 Å². The third kappa shape index (κ3) is 4.95. The number of likely N-dealkylation sites (tertiary alicyclic amines) is 1. The number of amides is 2. The van der Waals surface area contributed by atoms with E-state index in [1.54, 1.807) is 30.3 Å². The highest BCUT2D eigenvalue weighted by Crippen LogP contribution is 2.26. The summed E-state index contributed by atoms with van der Waals surface area (Å²) >= 11 is 0. The van der Waals surface area contributed by atoms with Crippen LogP contribution in [0.3, 0.4) is 0 Å². The summed E-state index contributed by atoms with van der Waals surface area (Å²) in [5.41, 5.74) is 5.61. The summed E-state index contributed by atoms with van der Waals surface area (Å²) in [6.45, 7) is -0.966. The van der Waals surface area contributed by atoms with Crippen molar-refractivity contribution in [3.63, 3.8) is 0 Å². The van der Waals surface area contributed by atoms with E-state index >= 15 is 0 Å². The van der Waals surface area contributed by atoms with Crippen LogP contribution in [0.25, 0.3) is 0 Å². The second-order valence-corrected chi connectivity index (χ2v) is 5.72. The monoisotopic (exact) mass is 344 g/mol. The number of ether oxygens (including phenoxy) is 1. The van der Waals surface area contributed by atoms with Gasteiger partial charge in [0.15, 0.2) is 6.10 Å². The summed E-state index contributed by atoms with van der Waals surface area (Å²) in [4.78, 5) is 25.2. The highest BCUT2D eigenvalue weighted by molar-refractivity contribution is 5.83. The molecule has 1 aliphatic rings. The van der Waals surface area contributed by atoms with Crippen molar-refractivity contribution in [3.05, 3.63) is 35.9 Å². The predicted molar refractivity (Wildman–Crippen MR) is 79.7 cm³/mol. The Morgan fingerprint density at radius 1 is 1.21 bits per heavy atom. The molecule has 0 radical (unpaired) electrons. The van der Waals surface area contributed by atoms with Crippen LogP contribution in [-0.2, 0) is 14.3 Å². The van der Waals surface area contributed by atoms with E-state index < -0.39 is 30.7 Å². The van der Waals surface area contributed by atoms with Crippen molar-refractivity contribution in [1.29, 1.82) is 0 Å². The molecular formula is C16H19F3N2O3. The molecule has 1 fully saturated rings. The van der Waals surface area contributed by atoms with Gasteiger partial charge in [-0.1, -0.05) is 30.3 Å². The van der Waals surface area contributed by atoms with Crippen molar-refractivity contribution < 1.29 is 27.5 Å². The van der Waals surface area contributed by atoms with Gasteiger partial charge in [0.1, 0.15) is 6.61 Å². The molecule has 5 nitrogen and oxygen atoms in total. The summed E-state index contributed by atoms with van der Waals surface area (Å²) < 4.78 is 42.3. The van der Waals surface area contributed by atoms with E-state index in [-0.39, 0.29) is 19.0 Å². The molecule has 1 heterocycles. The molecule has 2 amide bonds. The Labute approximate surface area is 137 Å². The Morgan fingerprint density at radius 2 is 1.79 bits per heavy atom. The molecule has 0 spiro atoms. The van der Waals surface area contributed by atoms with Gasteiger partial charge in [-0.05, 0) is 18.4 Å². The Kier molecular flexibility index (Phi) is 5.82. The second kappa shape index (κ2) is 7.65. The number of hydrogen-bond donors (Lipinski definition) is 1. The topological polar surface area (TPSA) is 72.6 Å². The van der Waals surface area contributed by atoms with Gasteiger partial charge in [0, 0.05) is 19.0 Å². The van der Waals surface area contributed by atoms with E-state index in [0.717, 1.165) is 0 Å². The van der Waals surface area contributed by atoms with E-state index in [2.05, 4.69) is 0 Å². The quantitative estimate of drug-likeness (QED) is 0.888. The van der Waals surface area contributed by atoms with Crippen LogP contribution in [0.15, 0.2) is 30.3 Å². The number of carbonyl (C=O) groups excluding carboxylic acids is 2. The van der Waals surface area contributed by atoms with Crippen LogP contribution < -0.4 is 5.73 Å². The number of hydrogen-bond acceptors (Lipinski definition) is 3. The molecule has 1 unspecified atom stereocenters. The van der Waals surface area contributed by atoms with Crippen molar-refractivity contribution in [2.75, 3.05) is 19.7 Å². The maximum atomic E-state index is 12.6. The van der Waals surface area contributed by atoms with Gasteiger partial charge in [0.25, 0.3) is 5.91 Å². The molecule has 1 aliphatic heterocycles. The molecular weight excluding hydrogens is 325 g/mol. The highest BCUT2D eigenvalue weighted by atomic mass is 19.4. The van der Waals surface area contributed by atoms with Crippen molar-refractivity contribution in [2.45, 2.75) is 25.1 Å². The molecule has 0 bridgehead atoms. The third-order valence-electron chi connectivity index (χ3n) is 3.95. The van der Waals surface area contributed by atoms with Crippen molar-refractivity contribution >= 4 is 11.8 Å². The molecule has 0 aromatic heterocycles. The predicted octanol–water partition coefficient (Wildman–Crippen LogP) is 2.03. The number of nitrogens with two attached hydrogens (primary N) is 1. The summed E-state index contributed by atoms with van der Waals surface area (Å²) in [6.07, 6.45) is -5.03. The zero-order chi connectivity index (χ0) is 17.7. The first-order chi connectivity index (χ1) is 11.3. The van der Waals surface area contributed by atoms with Gasteiger partial charge in [0.05, 0.1) is 0 Å². The van der Waals surface area contributed by atoms with Crippen LogP contribution in [0.4, 0.5) is 13.2 Å². The van der Waals surface area contributed by atoms with Gasteiger partial charge >= 0.3 is 6.18 Å². The number of halogens is 3. The Hall–Kier alpha value is -2.09. The molecule has 1 saturated heterocycles. The van der Waals surface area contributed by atoms with Crippen molar-refractivity contribution in [3.8, 4) is 0 Å². The van der Waals surface area contributed by atoms with Gasteiger partial charge in [0.2, 0.25) is 5.91 Å². The lowest BCUT2D eigenvalue weighted by Gasteiger charge is -2.33. The first-order valence-electron chi connectivity index (χ1n) is 7.59. The Morgan fingerprint density at radius 3 is 2.29 bits per heavy atom. The lowest BCUT2D eigenvalue weighted by Crippen LogP contribution is -2.44. The lowest BCUT2D eigenvalue weighted by atomic mass is 9.95. The van der Waals surface area contributed by atoms with Crippen LogP contribution in [0.2, 0.25) is 0 Å². The molecule has 0 aliphatic carbocycles. The minimum atomic E-state index is -4.52.